The van der Waals surface area contributed by atoms with E-state index in [1.807, 2.05) is 0 Å². The number of phenolic OH excluding ortho intramolecular Hbond substituents is 1. The summed E-state index contributed by atoms with van der Waals surface area (Å²) in [5.41, 5.74) is 0.466. The zero-order valence-electron chi connectivity index (χ0n) is 8.16. The fraction of sp³-hybridized carbons (Fsp3) is 0.400. The molecule has 0 bridgehead atoms. The molecule has 1 nitrogen and oxygen atoms in total. The van der Waals surface area contributed by atoms with Crippen LogP contribution in [0.1, 0.15) is 30.9 Å². The van der Waals surface area contributed by atoms with Gasteiger partial charge in [-0.15, -0.1) is 0 Å². The van der Waals surface area contributed by atoms with Crippen LogP contribution in [-0.2, 0) is 0 Å². The van der Waals surface area contributed by atoms with E-state index in [9.17, 15) is 13.9 Å². The Morgan fingerprint density at radius 3 is 2.14 bits per heavy atom. The van der Waals surface area contributed by atoms with Gasteiger partial charge in [-0.2, -0.15) is 0 Å². The fourth-order valence-electron chi connectivity index (χ4n) is 1.46. The Bertz CT molecular complexity index is 346. The second-order valence-corrected chi connectivity index (χ2v) is 3.86. The molecule has 78 valence electrons. The van der Waals surface area contributed by atoms with E-state index in [2.05, 4.69) is 0 Å². The second-order valence-electron chi connectivity index (χ2n) is 3.48. The van der Waals surface area contributed by atoms with Crippen LogP contribution in [-0.4, -0.2) is 5.11 Å². The maximum atomic E-state index is 13.5. The molecule has 1 N–H and O–H groups in total. The lowest BCUT2D eigenvalue weighted by Crippen LogP contribution is -2.01. The molecule has 4 heteroatoms. The van der Waals surface area contributed by atoms with Crippen LogP contribution in [0.5, 0.6) is 5.75 Å². The maximum absolute atomic E-state index is 13.5. The predicted molar refractivity (Wildman–Crippen MR) is 51.9 cm³/mol. The van der Waals surface area contributed by atoms with Gasteiger partial charge in [0.2, 0.25) is 0 Å². The highest BCUT2D eigenvalue weighted by Crippen LogP contribution is 2.36. The van der Waals surface area contributed by atoms with Gasteiger partial charge in [-0.05, 0) is 18.4 Å². The Hall–Kier alpha value is -0.830. The summed E-state index contributed by atoms with van der Waals surface area (Å²) in [4.78, 5) is 0. The van der Waals surface area contributed by atoms with Crippen molar-refractivity contribution in [3.05, 3.63) is 27.8 Å². The Labute approximate surface area is 86.3 Å². The average Bonchev–Trinajstić information content (AvgIpc) is 2.11. The maximum Gasteiger partial charge on any atom is 0.186 e. The van der Waals surface area contributed by atoms with Crippen molar-refractivity contribution >= 4 is 11.6 Å². The molecule has 14 heavy (non-hydrogen) atoms. The van der Waals surface area contributed by atoms with Crippen molar-refractivity contribution in [2.75, 3.05) is 0 Å². The van der Waals surface area contributed by atoms with E-state index in [1.54, 1.807) is 13.8 Å². The molecule has 0 aliphatic heterocycles. The highest BCUT2D eigenvalue weighted by molar-refractivity contribution is 6.31. The topological polar surface area (TPSA) is 20.2 Å². The molecule has 0 aromatic heterocycles. The van der Waals surface area contributed by atoms with Crippen LogP contribution in [0.15, 0.2) is 0 Å². The molecule has 0 spiro atoms. The Balaban J connectivity index is 3.60. The van der Waals surface area contributed by atoms with Crippen LogP contribution in [0.4, 0.5) is 8.78 Å². The molecule has 0 saturated carbocycles. The molecule has 0 aliphatic rings. The zero-order valence-corrected chi connectivity index (χ0v) is 8.91. The SMILES string of the molecule is Cc1c(O)c(F)c(Cl)c(F)c1C(C)C. The molecule has 1 aromatic rings. The first kappa shape index (κ1) is 11.2. The van der Waals surface area contributed by atoms with Crippen molar-refractivity contribution in [3.63, 3.8) is 0 Å². The fourth-order valence-corrected chi connectivity index (χ4v) is 1.65. The summed E-state index contributed by atoms with van der Waals surface area (Å²) in [7, 11) is 0. The number of halogens is 3. The third-order valence-corrected chi connectivity index (χ3v) is 2.50. The van der Waals surface area contributed by atoms with E-state index in [-0.39, 0.29) is 17.0 Å². The smallest absolute Gasteiger partial charge is 0.186 e. The molecule has 0 unspecified atom stereocenters. The second kappa shape index (κ2) is 3.73. The monoisotopic (exact) mass is 220 g/mol. The summed E-state index contributed by atoms with van der Waals surface area (Å²) in [6.07, 6.45) is 0. The summed E-state index contributed by atoms with van der Waals surface area (Å²) in [6.45, 7) is 4.96. The van der Waals surface area contributed by atoms with Crippen molar-refractivity contribution in [2.24, 2.45) is 0 Å². The molecule has 0 radical (unpaired) electrons. The summed E-state index contributed by atoms with van der Waals surface area (Å²) in [6, 6.07) is 0. The highest BCUT2D eigenvalue weighted by atomic mass is 35.5. The van der Waals surface area contributed by atoms with Crippen molar-refractivity contribution in [3.8, 4) is 5.75 Å². The van der Waals surface area contributed by atoms with Crippen LogP contribution in [0.2, 0.25) is 5.02 Å². The lowest BCUT2D eigenvalue weighted by Gasteiger charge is -2.14. The van der Waals surface area contributed by atoms with Gasteiger partial charge in [0.1, 0.15) is 10.8 Å². The third-order valence-electron chi connectivity index (χ3n) is 2.17. The molecule has 0 heterocycles. The quantitative estimate of drug-likeness (QED) is 0.715. The minimum atomic E-state index is -1.09. The lowest BCUT2D eigenvalue weighted by molar-refractivity contribution is 0.420. The Morgan fingerprint density at radius 2 is 1.71 bits per heavy atom. The number of hydrogen-bond donors (Lipinski definition) is 1. The normalized spacial score (nSPS) is 11.1. The first-order valence-electron chi connectivity index (χ1n) is 4.23. The van der Waals surface area contributed by atoms with Gasteiger partial charge < -0.3 is 5.11 Å². The van der Waals surface area contributed by atoms with Crippen molar-refractivity contribution < 1.29 is 13.9 Å². The minimum Gasteiger partial charge on any atom is -0.505 e. The van der Waals surface area contributed by atoms with Gasteiger partial charge in [-0.3, -0.25) is 0 Å². The molecule has 0 amide bonds. The van der Waals surface area contributed by atoms with Crippen LogP contribution < -0.4 is 0 Å². The standard InChI is InChI=1S/C10H11ClF2O/c1-4(2)6-5(3)10(14)9(13)7(11)8(6)12/h4,14H,1-3H3. The third kappa shape index (κ3) is 1.57. The molecular weight excluding hydrogens is 210 g/mol. The van der Waals surface area contributed by atoms with Gasteiger partial charge in [0, 0.05) is 5.56 Å². The predicted octanol–water partition coefficient (Wildman–Crippen LogP) is 3.76. The molecule has 0 fully saturated rings. The summed E-state index contributed by atoms with van der Waals surface area (Å²) < 4.78 is 26.5. The van der Waals surface area contributed by atoms with E-state index >= 15 is 0 Å². The molecule has 1 aromatic carbocycles. The first-order chi connectivity index (χ1) is 6.37. The average molecular weight is 221 g/mol. The Morgan fingerprint density at radius 1 is 1.21 bits per heavy atom. The lowest BCUT2D eigenvalue weighted by atomic mass is 9.96. The number of hydrogen-bond acceptors (Lipinski definition) is 1. The first-order valence-corrected chi connectivity index (χ1v) is 4.61. The van der Waals surface area contributed by atoms with Gasteiger partial charge in [0.15, 0.2) is 11.6 Å². The van der Waals surface area contributed by atoms with E-state index in [4.69, 9.17) is 11.6 Å². The van der Waals surface area contributed by atoms with Crippen molar-refractivity contribution in [1.29, 1.82) is 0 Å². The van der Waals surface area contributed by atoms with E-state index in [0.717, 1.165) is 0 Å². The molecule has 0 saturated heterocycles. The van der Waals surface area contributed by atoms with Crippen molar-refractivity contribution in [2.45, 2.75) is 26.7 Å². The number of benzene rings is 1. The molecular formula is C10H11ClF2O. The molecule has 0 aliphatic carbocycles. The van der Waals surface area contributed by atoms with Gasteiger partial charge in [0.05, 0.1) is 0 Å². The van der Waals surface area contributed by atoms with Crippen LogP contribution in [0, 0.1) is 18.6 Å². The largest absolute Gasteiger partial charge is 0.505 e. The summed E-state index contributed by atoms with van der Waals surface area (Å²) >= 11 is 5.39. The molecule has 0 atom stereocenters. The van der Waals surface area contributed by atoms with Crippen LogP contribution in [0.3, 0.4) is 0 Å². The van der Waals surface area contributed by atoms with Crippen molar-refractivity contribution in [1.82, 2.24) is 0 Å². The van der Waals surface area contributed by atoms with Gasteiger partial charge in [-0.1, -0.05) is 25.4 Å². The Kier molecular flexibility index (Phi) is 3.00. The highest BCUT2D eigenvalue weighted by Gasteiger charge is 2.22. The number of phenols is 1. The number of aromatic hydroxyl groups is 1. The summed E-state index contributed by atoms with van der Waals surface area (Å²) in [5.74, 6) is -2.60. The van der Waals surface area contributed by atoms with E-state index in [0.29, 0.717) is 0 Å². The van der Waals surface area contributed by atoms with Gasteiger partial charge >= 0.3 is 0 Å². The van der Waals surface area contributed by atoms with Gasteiger partial charge in [-0.25, -0.2) is 8.78 Å². The zero-order chi connectivity index (χ0) is 11.0. The van der Waals surface area contributed by atoms with E-state index < -0.39 is 22.4 Å². The summed E-state index contributed by atoms with van der Waals surface area (Å²) in [5, 5.41) is 8.67. The van der Waals surface area contributed by atoms with Crippen LogP contribution >= 0.6 is 11.6 Å². The van der Waals surface area contributed by atoms with Gasteiger partial charge in [0.25, 0.3) is 0 Å². The van der Waals surface area contributed by atoms with E-state index in [1.165, 1.54) is 6.92 Å². The molecule has 1 rings (SSSR count). The van der Waals surface area contributed by atoms with Crippen LogP contribution in [0.25, 0.3) is 0 Å². The minimum absolute atomic E-state index is 0.154. The number of rotatable bonds is 1.